The molecule has 0 saturated heterocycles. The number of H-pyrrole nitrogens is 2. The minimum absolute atomic E-state index is 0.0232. The molecule has 18 heteroatoms. The summed E-state index contributed by atoms with van der Waals surface area (Å²) in [6.45, 7) is 6.43. The van der Waals surface area contributed by atoms with Crippen molar-refractivity contribution < 1.29 is 41.4 Å². The highest BCUT2D eigenvalue weighted by Gasteiger charge is 2.37. The van der Waals surface area contributed by atoms with E-state index in [0.717, 1.165) is 10.9 Å². The van der Waals surface area contributed by atoms with Crippen molar-refractivity contribution in [3.8, 4) is 22.8 Å². The number of nitrogens with one attached hydrogen (secondary N) is 4. The summed E-state index contributed by atoms with van der Waals surface area (Å²) < 4.78 is 107. The maximum absolute atomic E-state index is 12.6. The molecule has 296 valence electrons. The van der Waals surface area contributed by atoms with Gasteiger partial charge in [-0.25, -0.2) is 29.9 Å². The molecule has 0 fully saturated rings. The van der Waals surface area contributed by atoms with Gasteiger partial charge >= 0.3 is 12.4 Å². The fourth-order valence-electron chi connectivity index (χ4n) is 5.50. The second-order valence-corrected chi connectivity index (χ2v) is 13.1. The Bertz CT molecular complexity index is 2510. The number of hydrogen-bond donors (Lipinski definition) is 4. The number of pyridine rings is 2. The molecule has 0 amide bonds. The summed E-state index contributed by atoms with van der Waals surface area (Å²) in [4.78, 5) is 55.8. The molecule has 0 aliphatic rings. The fraction of sp³-hybridized carbons (Fsp3) is 0.368. The number of halogens is 6. The van der Waals surface area contributed by atoms with Crippen LogP contribution in [-0.4, -0.2) is 74.9 Å². The number of carbonyl (C=O) groups excluding carboxylic acids is 2. The molecule has 12 nitrogen and oxygen atoms in total. The highest BCUT2D eigenvalue weighted by molar-refractivity contribution is 5.94. The first kappa shape index (κ1) is 35.7. The first-order chi connectivity index (χ1) is 28.0. The lowest BCUT2D eigenvalue weighted by Gasteiger charge is -2.29. The van der Waals surface area contributed by atoms with Gasteiger partial charge in [0.25, 0.3) is 0 Å². The van der Waals surface area contributed by atoms with Crippen LogP contribution in [0.2, 0.25) is 0 Å². The van der Waals surface area contributed by atoms with E-state index in [-0.39, 0.29) is 59.2 Å². The Balaban J connectivity index is 0.000000230. The number of aromatic amines is 2. The average molecular weight is 787 g/mol. The van der Waals surface area contributed by atoms with Crippen LogP contribution in [-0.2, 0) is 9.59 Å². The fourth-order valence-corrected chi connectivity index (χ4v) is 5.50. The van der Waals surface area contributed by atoms with E-state index in [1.54, 1.807) is 45.3 Å². The van der Waals surface area contributed by atoms with Crippen LogP contribution in [0.25, 0.3) is 44.8 Å². The van der Waals surface area contributed by atoms with E-state index in [9.17, 15) is 35.9 Å². The van der Waals surface area contributed by atoms with Gasteiger partial charge in [0.2, 0.25) is 0 Å². The first-order valence-electron chi connectivity index (χ1n) is 19.4. The number of rotatable bonds is 14. The summed E-state index contributed by atoms with van der Waals surface area (Å²) in [7, 11) is 0. The number of ketones is 2. The third-order valence-electron chi connectivity index (χ3n) is 9.14. The molecule has 6 rings (SSSR count). The topological polar surface area (TPSA) is 167 Å². The van der Waals surface area contributed by atoms with Gasteiger partial charge < -0.3 is 20.6 Å². The lowest BCUT2D eigenvalue weighted by Crippen LogP contribution is -2.43. The molecule has 2 atom stereocenters. The number of fused-ring (bicyclic) bond motifs is 2. The van der Waals surface area contributed by atoms with Crippen molar-refractivity contribution in [1.29, 1.82) is 0 Å². The van der Waals surface area contributed by atoms with Crippen LogP contribution in [0, 0.1) is 0 Å². The maximum atomic E-state index is 12.6. The lowest BCUT2D eigenvalue weighted by atomic mass is 9.90. The summed E-state index contributed by atoms with van der Waals surface area (Å²) >= 11 is 0. The van der Waals surface area contributed by atoms with Gasteiger partial charge in [-0.05, 0) is 63.1 Å². The summed E-state index contributed by atoms with van der Waals surface area (Å²) in [5, 5.41) is 6.86. The summed E-state index contributed by atoms with van der Waals surface area (Å²) in [6, 6.07) is 7.59. The average Bonchev–Trinajstić information content (AvgIpc) is 3.76. The summed E-state index contributed by atoms with van der Waals surface area (Å²) in [5.74, 6) is -0.444. The van der Waals surface area contributed by atoms with Crippen LogP contribution in [0.3, 0.4) is 0 Å². The highest BCUT2D eigenvalue weighted by Crippen LogP contribution is 2.30. The van der Waals surface area contributed by atoms with E-state index >= 15 is 0 Å². The number of hydrogen-bond acceptors (Lipinski definition) is 10. The van der Waals surface area contributed by atoms with E-state index in [1.165, 1.54) is 25.3 Å². The Hall–Kier alpha value is -5.94. The van der Waals surface area contributed by atoms with Gasteiger partial charge in [0.05, 0.1) is 29.4 Å². The molecule has 56 heavy (non-hydrogen) atoms. The first-order valence-corrected chi connectivity index (χ1v) is 17.4. The van der Waals surface area contributed by atoms with E-state index in [0.29, 0.717) is 23.7 Å². The molecular formula is C38H40F6N10O2. The molecule has 0 aromatic carbocycles. The van der Waals surface area contributed by atoms with Crippen molar-refractivity contribution in [2.45, 2.75) is 89.7 Å². The summed E-state index contributed by atoms with van der Waals surface area (Å²) in [6.07, 6.45) is -7.65. The second-order valence-electron chi connectivity index (χ2n) is 13.1. The molecule has 0 spiro atoms. The van der Waals surface area contributed by atoms with Crippen LogP contribution < -0.4 is 10.6 Å². The van der Waals surface area contributed by atoms with Crippen molar-refractivity contribution in [3.05, 3.63) is 73.5 Å². The van der Waals surface area contributed by atoms with Gasteiger partial charge in [-0.3, -0.25) is 9.59 Å². The van der Waals surface area contributed by atoms with Crippen LogP contribution in [0.1, 0.15) is 71.7 Å². The standard InChI is InChI=1S/2C19H20F3N5O/c2*1-3-18(2,14(28)6-8-19(20,21)22)27-15-7-10-24-17(26-15)13-11-25-16-12(13)5-4-9-23-16/h2*4-5,7,9-11H,3,6,8H2,1-2H3,(H,23,25)(H,24,26,27)/t2*18-/m11/s1/i5D,9D,10D,11D;. The zero-order chi connectivity index (χ0) is 44.2. The van der Waals surface area contributed by atoms with Crippen LogP contribution in [0.5, 0.6) is 0 Å². The van der Waals surface area contributed by atoms with Gasteiger partial charge in [-0.1, -0.05) is 13.8 Å². The number of alkyl halides is 6. The van der Waals surface area contributed by atoms with Crippen molar-refractivity contribution >= 4 is 45.3 Å². The summed E-state index contributed by atoms with van der Waals surface area (Å²) in [5.41, 5.74) is -0.865. The number of carbonyl (C=O) groups is 2. The van der Waals surface area contributed by atoms with Crippen LogP contribution in [0.4, 0.5) is 38.0 Å². The third kappa shape index (κ3) is 10.2. The highest BCUT2D eigenvalue weighted by atomic mass is 19.4. The number of aromatic nitrogens is 8. The zero-order valence-electron chi connectivity index (χ0n) is 34.6. The molecule has 0 aliphatic heterocycles. The third-order valence-corrected chi connectivity index (χ3v) is 9.14. The van der Waals surface area contributed by atoms with Gasteiger partial charge in [-0.2, -0.15) is 26.3 Å². The second kappa shape index (κ2) is 16.8. The minimum atomic E-state index is -4.46. The molecule has 0 aliphatic carbocycles. The van der Waals surface area contributed by atoms with Gasteiger partial charge in [0.1, 0.15) is 22.9 Å². The number of nitrogens with zero attached hydrogens (tertiary/aromatic N) is 6. The van der Waals surface area contributed by atoms with Crippen LogP contribution >= 0.6 is 0 Å². The Labute approximate surface area is 323 Å². The van der Waals surface area contributed by atoms with Gasteiger partial charge in [0.15, 0.2) is 23.2 Å². The minimum Gasteiger partial charge on any atom is -0.358 e. The monoisotopic (exact) mass is 786 g/mol. The van der Waals surface area contributed by atoms with E-state index < -0.39 is 60.7 Å². The Morgan fingerprint density at radius 2 is 1.29 bits per heavy atom. The Morgan fingerprint density at radius 1 is 0.696 bits per heavy atom. The van der Waals surface area contributed by atoms with Crippen LogP contribution in [0.15, 0.2) is 73.5 Å². The molecular weight excluding hydrogens is 742 g/mol. The van der Waals surface area contributed by atoms with Crippen molar-refractivity contribution in [3.63, 3.8) is 0 Å². The smallest absolute Gasteiger partial charge is 0.358 e. The predicted molar refractivity (Wildman–Crippen MR) is 199 cm³/mol. The Kier molecular flexibility index (Phi) is 10.7. The molecule has 4 N–H and O–H groups in total. The molecule has 0 unspecified atom stereocenters. The SMILES string of the molecule is CC[C@@](C)(Nc1ccnc(-c2c[nH]c3ncccc23)n1)C(=O)CCC(F)(F)F.[2H]c1cc(N[C@](C)(CC)C(=O)CCC(F)(F)F)nc(-c2c([2H])[nH]c3nc([2H])cc([2H])c23)n1. The lowest BCUT2D eigenvalue weighted by molar-refractivity contribution is -0.144. The molecule has 0 radical (unpaired) electrons. The van der Waals surface area contributed by atoms with E-state index in [4.69, 9.17) is 5.48 Å². The number of Topliss-reactive ketones (excluding diaryl/α,β-unsaturated/α-hetero) is 2. The Morgan fingerprint density at radius 3 is 1.89 bits per heavy atom. The number of anilines is 2. The predicted octanol–water partition coefficient (Wildman–Crippen LogP) is 9.02. The molecule has 6 aromatic rings. The quantitative estimate of drug-likeness (QED) is 0.0783. The maximum Gasteiger partial charge on any atom is 0.389 e. The normalized spacial score (nSPS) is 15.0. The van der Waals surface area contributed by atoms with Gasteiger partial charge in [-0.15, -0.1) is 0 Å². The van der Waals surface area contributed by atoms with E-state index in [1.807, 2.05) is 6.07 Å². The van der Waals surface area contributed by atoms with Gasteiger partial charge in [0, 0.05) is 71.9 Å². The van der Waals surface area contributed by atoms with Crippen molar-refractivity contribution in [2.24, 2.45) is 0 Å². The van der Waals surface area contributed by atoms with E-state index in [2.05, 4.69) is 50.5 Å². The molecule has 0 saturated carbocycles. The molecule has 6 aromatic heterocycles. The molecule has 6 heterocycles. The van der Waals surface area contributed by atoms with Crippen molar-refractivity contribution in [2.75, 3.05) is 10.6 Å². The van der Waals surface area contributed by atoms with Crippen molar-refractivity contribution in [1.82, 2.24) is 39.9 Å². The zero-order valence-corrected chi connectivity index (χ0v) is 30.6. The molecule has 0 bridgehead atoms. The largest absolute Gasteiger partial charge is 0.389 e.